The van der Waals surface area contributed by atoms with Crippen LogP contribution in [0.5, 0.6) is 5.75 Å². The molecule has 0 saturated heterocycles. The minimum atomic E-state index is -0.652. The Labute approximate surface area is 219 Å². The molecule has 6 heteroatoms. The predicted octanol–water partition coefficient (Wildman–Crippen LogP) is 5.41. The minimum absolute atomic E-state index is 0.105. The zero-order valence-electron chi connectivity index (χ0n) is 21.5. The second kappa shape index (κ2) is 13.6. The summed E-state index contributed by atoms with van der Waals surface area (Å²) in [7, 11) is 1.37. The molecule has 0 aromatic heterocycles. The first-order chi connectivity index (χ1) is 18.1. The average molecular weight is 501 g/mol. The van der Waals surface area contributed by atoms with E-state index in [9.17, 15) is 9.59 Å². The number of esters is 1. The van der Waals surface area contributed by atoms with E-state index < -0.39 is 12.0 Å². The lowest BCUT2D eigenvalue weighted by molar-refractivity contribution is -0.141. The highest BCUT2D eigenvalue weighted by Gasteiger charge is 2.22. The van der Waals surface area contributed by atoms with E-state index in [-0.39, 0.29) is 5.78 Å². The van der Waals surface area contributed by atoms with Crippen LogP contribution in [-0.4, -0.2) is 44.1 Å². The Morgan fingerprint density at radius 1 is 0.892 bits per heavy atom. The van der Waals surface area contributed by atoms with Crippen LogP contribution in [0.1, 0.15) is 53.6 Å². The molecule has 0 heterocycles. The smallest absolute Gasteiger partial charge is 0.328 e. The molecule has 37 heavy (non-hydrogen) atoms. The third kappa shape index (κ3) is 7.67. The van der Waals surface area contributed by atoms with Gasteiger partial charge in [0.05, 0.1) is 7.11 Å². The number of methoxy groups -OCH3 is 1. The van der Waals surface area contributed by atoms with E-state index in [2.05, 4.69) is 10.6 Å². The summed E-state index contributed by atoms with van der Waals surface area (Å²) < 4.78 is 11.0. The second-order valence-electron chi connectivity index (χ2n) is 9.45. The Balaban J connectivity index is 1.36. The van der Waals surface area contributed by atoms with Gasteiger partial charge in [-0.05, 0) is 42.7 Å². The fourth-order valence-corrected chi connectivity index (χ4v) is 4.77. The van der Waals surface area contributed by atoms with Gasteiger partial charge in [0.15, 0.2) is 5.78 Å². The lowest BCUT2D eigenvalue weighted by Crippen LogP contribution is -2.34. The number of benzene rings is 3. The van der Waals surface area contributed by atoms with Crippen LogP contribution in [0, 0.1) is 0 Å². The maximum Gasteiger partial charge on any atom is 0.328 e. The highest BCUT2D eigenvalue weighted by molar-refractivity contribution is 6.12. The first-order valence-electron chi connectivity index (χ1n) is 13.1. The molecule has 0 spiro atoms. The summed E-state index contributed by atoms with van der Waals surface area (Å²) in [5.41, 5.74) is 2.66. The molecule has 0 bridgehead atoms. The van der Waals surface area contributed by atoms with Gasteiger partial charge in [0.1, 0.15) is 18.4 Å². The van der Waals surface area contributed by atoms with Crippen molar-refractivity contribution >= 4 is 17.4 Å². The summed E-state index contributed by atoms with van der Waals surface area (Å²) in [6.07, 6.45) is 6.91. The molecule has 3 aromatic rings. The largest absolute Gasteiger partial charge is 0.492 e. The Kier molecular flexibility index (Phi) is 9.72. The van der Waals surface area contributed by atoms with Crippen LogP contribution in [0.3, 0.4) is 0 Å². The normalized spacial score (nSPS) is 14.5. The summed E-state index contributed by atoms with van der Waals surface area (Å²) in [5, 5.41) is 6.84. The predicted molar refractivity (Wildman–Crippen MR) is 146 cm³/mol. The molecule has 1 fully saturated rings. The van der Waals surface area contributed by atoms with E-state index in [4.69, 9.17) is 9.47 Å². The Hall–Kier alpha value is -3.64. The zero-order chi connectivity index (χ0) is 25.9. The second-order valence-corrected chi connectivity index (χ2v) is 9.45. The number of anilines is 1. The molecule has 6 nitrogen and oxygen atoms in total. The zero-order valence-corrected chi connectivity index (χ0v) is 21.5. The Morgan fingerprint density at radius 3 is 2.32 bits per heavy atom. The van der Waals surface area contributed by atoms with Crippen LogP contribution in [0.4, 0.5) is 5.69 Å². The van der Waals surface area contributed by atoms with Crippen LogP contribution >= 0.6 is 0 Å². The van der Waals surface area contributed by atoms with Gasteiger partial charge in [0.25, 0.3) is 0 Å². The number of carbonyl (C=O) groups is 2. The SMILES string of the molecule is COC(=O)[C@H](Cc1ccc(OCCNC2CCCCC2)cc1)Nc1ccccc1C(=O)c1ccccc1. The highest BCUT2D eigenvalue weighted by Crippen LogP contribution is 2.22. The average Bonchev–Trinajstić information content (AvgIpc) is 2.96. The van der Waals surface area contributed by atoms with E-state index in [1.807, 2.05) is 60.7 Å². The number of para-hydroxylation sites is 1. The molecule has 0 radical (unpaired) electrons. The Bertz CT molecular complexity index is 1140. The highest BCUT2D eigenvalue weighted by atomic mass is 16.5. The molecule has 2 N–H and O–H groups in total. The summed E-state index contributed by atoms with van der Waals surface area (Å²) >= 11 is 0. The molecular weight excluding hydrogens is 464 g/mol. The molecule has 4 rings (SSSR count). The van der Waals surface area contributed by atoms with E-state index >= 15 is 0 Å². The minimum Gasteiger partial charge on any atom is -0.492 e. The van der Waals surface area contributed by atoms with Crippen LogP contribution in [0.25, 0.3) is 0 Å². The summed E-state index contributed by atoms with van der Waals surface area (Å²) in [6.45, 7) is 1.45. The van der Waals surface area contributed by atoms with Crippen molar-refractivity contribution in [1.29, 1.82) is 0 Å². The molecule has 1 aliphatic rings. The molecule has 0 amide bonds. The molecular formula is C31H36N2O4. The van der Waals surface area contributed by atoms with Crippen molar-refractivity contribution in [2.45, 2.75) is 50.6 Å². The number of carbonyl (C=O) groups excluding carboxylic acids is 2. The van der Waals surface area contributed by atoms with Crippen molar-refractivity contribution in [3.05, 3.63) is 95.6 Å². The number of ether oxygens (including phenoxy) is 2. The number of rotatable bonds is 12. The molecule has 194 valence electrons. The lowest BCUT2D eigenvalue weighted by atomic mass is 9.96. The third-order valence-electron chi connectivity index (χ3n) is 6.80. The van der Waals surface area contributed by atoms with Gasteiger partial charge in [-0.3, -0.25) is 4.79 Å². The Morgan fingerprint density at radius 2 is 1.59 bits per heavy atom. The van der Waals surface area contributed by atoms with Crippen molar-refractivity contribution in [3.63, 3.8) is 0 Å². The van der Waals surface area contributed by atoms with E-state index in [1.54, 1.807) is 18.2 Å². The van der Waals surface area contributed by atoms with Crippen molar-refractivity contribution in [3.8, 4) is 5.75 Å². The van der Waals surface area contributed by atoms with Gasteiger partial charge in [-0.25, -0.2) is 4.79 Å². The molecule has 0 unspecified atom stereocenters. The fourth-order valence-electron chi connectivity index (χ4n) is 4.77. The fraction of sp³-hybridized carbons (Fsp3) is 0.355. The first-order valence-corrected chi connectivity index (χ1v) is 13.1. The number of nitrogens with one attached hydrogen (secondary N) is 2. The van der Waals surface area contributed by atoms with Gasteiger partial charge in [-0.1, -0.05) is 73.9 Å². The van der Waals surface area contributed by atoms with Crippen LogP contribution in [0.15, 0.2) is 78.9 Å². The van der Waals surface area contributed by atoms with Crippen LogP contribution < -0.4 is 15.4 Å². The molecule has 1 aliphatic carbocycles. The standard InChI is InChI=1S/C31H36N2O4/c1-36-31(35)29(33-28-15-9-8-14-27(28)30(34)24-10-4-2-5-11-24)22-23-16-18-26(19-17-23)37-21-20-32-25-12-6-3-7-13-25/h2,4-5,8-11,14-19,25,29,32-33H,3,6-7,12-13,20-22H2,1H3/t29-/m0/s1. The van der Waals surface area contributed by atoms with Gasteiger partial charge < -0.3 is 20.1 Å². The van der Waals surface area contributed by atoms with E-state index in [0.717, 1.165) is 17.9 Å². The van der Waals surface area contributed by atoms with Gasteiger partial charge in [0.2, 0.25) is 0 Å². The monoisotopic (exact) mass is 500 g/mol. The molecule has 0 aliphatic heterocycles. The van der Waals surface area contributed by atoms with Crippen molar-refractivity contribution < 1.29 is 19.1 Å². The van der Waals surface area contributed by atoms with Crippen LogP contribution in [-0.2, 0) is 16.0 Å². The summed E-state index contributed by atoms with van der Waals surface area (Å²) in [4.78, 5) is 25.7. The topological polar surface area (TPSA) is 76.7 Å². The van der Waals surface area contributed by atoms with Crippen molar-refractivity contribution in [2.75, 3.05) is 25.6 Å². The lowest BCUT2D eigenvalue weighted by Gasteiger charge is -2.22. The van der Waals surface area contributed by atoms with Gasteiger partial charge in [0, 0.05) is 35.8 Å². The number of hydrogen-bond acceptors (Lipinski definition) is 6. The quantitative estimate of drug-likeness (QED) is 0.197. The molecule has 1 atom stereocenters. The van der Waals surface area contributed by atoms with Crippen LogP contribution in [0.2, 0.25) is 0 Å². The van der Waals surface area contributed by atoms with Gasteiger partial charge in [-0.15, -0.1) is 0 Å². The number of ketones is 1. The maximum atomic E-state index is 13.1. The number of hydrogen-bond donors (Lipinski definition) is 2. The van der Waals surface area contributed by atoms with Crippen molar-refractivity contribution in [1.82, 2.24) is 5.32 Å². The van der Waals surface area contributed by atoms with Gasteiger partial charge >= 0.3 is 5.97 Å². The van der Waals surface area contributed by atoms with E-state index in [1.165, 1.54) is 39.2 Å². The first kappa shape index (κ1) is 26.4. The summed E-state index contributed by atoms with van der Waals surface area (Å²) in [6, 6.07) is 24.1. The summed E-state index contributed by atoms with van der Waals surface area (Å²) in [5.74, 6) is 0.304. The van der Waals surface area contributed by atoms with Crippen molar-refractivity contribution in [2.24, 2.45) is 0 Å². The molecule has 1 saturated carbocycles. The third-order valence-corrected chi connectivity index (χ3v) is 6.80. The van der Waals surface area contributed by atoms with E-state index in [0.29, 0.717) is 35.9 Å². The van der Waals surface area contributed by atoms with Gasteiger partial charge in [-0.2, -0.15) is 0 Å². The maximum absolute atomic E-state index is 13.1. The molecule has 3 aromatic carbocycles.